The average molecular weight is 483 g/mol. The van der Waals surface area contributed by atoms with E-state index in [1.165, 1.54) is 17.0 Å². The lowest BCUT2D eigenvalue weighted by Gasteiger charge is -2.26. The zero-order valence-corrected chi connectivity index (χ0v) is 20.1. The van der Waals surface area contributed by atoms with Gasteiger partial charge >= 0.3 is 6.03 Å². The van der Waals surface area contributed by atoms with E-state index in [0.29, 0.717) is 43.0 Å². The molecule has 2 aromatic rings. The van der Waals surface area contributed by atoms with Crippen molar-refractivity contribution in [2.75, 3.05) is 44.2 Å². The van der Waals surface area contributed by atoms with E-state index < -0.39 is 6.10 Å². The minimum atomic E-state index is -0.431. The van der Waals surface area contributed by atoms with Crippen LogP contribution in [0.2, 0.25) is 0 Å². The van der Waals surface area contributed by atoms with Gasteiger partial charge in [0, 0.05) is 44.0 Å². The van der Waals surface area contributed by atoms with Crippen LogP contribution in [-0.2, 0) is 16.1 Å². The second-order valence-corrected chi connectivity index (χ2v) is 9.38. The van der Waals surface area contributed by atoms with E-state index in [0.717, 1.165) is 0 Å². The molecule has 0 aromatic heterocycles. The molecule has 0 spiro atoms. The third-order valence-electron chi connectivity index (χ3n) is 6.04. The summed E-state index contributed by atoms with van der Waals surface area (Å²) in [5, 5.41) is 2.75. The van der Waals surface area contributed by atoms with E-state index in [1.54, 1.807) is 46.2 Å². The van der Waals surface area contributed by atoms with Crippen molar-refractivity contribution < 1.29 is 23.5 Å². The van der Waals surface area contributed by atoms with Gasteiger partial charge in [0.2, 0.25) is 5.91 Å². The van der Waals surface area contributed by atoms with Crippen LogP contribution < -0.4 is 10.2 Å². The lowest BCUT2D eigenvalue weighted by molar-refractivity contribution is -0.132. The molecule has 0 aliphatic carbocycles. The molecule has 9 heteroatoms. The third kappa shape index (κ3) is 6.16. The summed E-state index contributed by atoms with van der Waals surface area (Å²) >= 11 is 0. The molecule has 1 N–H and O–H groups in total. The van der Waals surface area contributed by atoms with E-state index >= 15 is 0 Å². The van der Waals surface area contributed by atoms with Gasteiger partial charge in [-0.2, -0.15) is 0 Å². The molecular weight excluding hydrogens is 451 g/mol. The fourth-order valence-corrected chi connectivity index (χ4v) is 4.40. The molecule has 4 amide bonds. The minimum Gasteiger partial charge on any atom is -0.370 e. The second kappa shape index (κ2) is 10.9. The predicted molar refractivity (Wildman–Crippen MR) is 129 cm³/mol. The molecule has 2 fully saturated rings. The zero-order chi connectivity index (χ0) is 24.9. The maximum atomic E-state index is 13.6. The maximum absolute atomic E-state index is 13.6. The van der Waals surface area contributed by atoms with Crippen LogP contribution in [0.25, 0.3) is 0 Å². The Balaban J connectivity index is 1.53. The maximum Gasteiger partial charge on any atom is 0.321 e. The van der Waals surface area contributed by atoms with Gasteiger partial charge < -0.3 is 19.9 Å². The summed E-state index contributed by atoms with van der Waals surface area (Å²) in [4.78, 5) is 43.4. The highest BCUT2D eigenvalue weighted by Crippen LogP contribution is 2.21. The molecule has 0 bridgehead atoms. The first-order valence-electron chi connectivity index (χ1n) is 11.9. The van der Waals surface area contributed by atoms with Gasteiger partial charge in [0.05, 0.1) is 12.7 Å². The molecule has 1 atom stereocenters. The van der Waals surface area contributed by atoms with E-state index in [2.05, 4.69) is 5.32 Å². The highest BCUT2D eigenvalue weighted by molar-refractivity contribution is 5.99. The Labute approximate surface area is 204 Å². The summed E-state index contributed by atoms with van der Waals surface area (Å²) in [5.41, 5.74) is 1.72. The topological polar surface area (TPSA) is 82.2 Å². The largest absolute Gasteiger partial charge is 0.370 e. The molecule has 35 heavy (non-hydrogen) atoms. The van der Waals surface area contributed by atoms with Crippen molar-refractivity contribution in [3.05, 3.63) is 65.5 Å². The Hall–Kier alpha value is -3.46. The summed E-state index contributed by atoms with van der Waals surface area (Å²) in [6, 6.07) is 12.9. The molecule has 4 rings (SSSR count). The zero-order valence-electron chi connectivity index (χ0n) is 20.1. The van der Waals surface area contributed by atoms with Crippen LogP contribution in [0, 0.1) is 11.7 Å². The van der Waals surface area contributed by atoms with Gasteiger partial charge in [-0.3, -0.25) is 14.5 Å². The second-order valence-electron chi connectivity index (χ2n) is 9.38. The number of anilines is 1. The monoisotopic (exact) mass is 482 g/mol. The Morgan fingerprint density at radius 2 is 1.94 bits per heavy atom. The van der Waals surface area contributed by atoms with E-state index in [-0.39, 0.29) is 49.3 Å². The molecule has 0 saturated carbocycles. The number of carbonyl (C=O) groups excluding carboxylic acids is 3. The van der Waals surface area contributed by atoms with Gasteiger partial charge in [-0.1, -0.05) is 32.0 Å². The number of benzene rings is 2. The average Bonchev–Trinajstić information content (AvgIpc) is 3.19. The number of rotatable bonds is 7. The van der Waals surface area contributed by atoms with Crippen LogP contribution >= 0.6 is 0 Å². The van der Waals surface area contributed by atoms with Gasteiger partial charge in [-0.05, 0) is 41.8 Å². The highest BCUT2D eigenvalue weighted by Gasteiger charge is 2.32. The summed E-state index contributed by atoms with van der Waals surface area (Å²) in [7, 11) is 0. The van der Waals surface area contributed by atoms with E-state index in [1.807, 2.05) is 13.8 Å². The first kappa shape index (κ1) is 24.7. The Bertz CT molecular complexity index is 1090. The molecular formula is C26H31FN4O4. The predicted octanol–water partition coefficient (Wildman–Crippen LogP) is 2.88. The summed E-state index contributed by atoms with van der Waals surface area (Å²) in [6.45, 7) is 6.39. The van der Waals surface area contributed by atoms with Crippen molar-refractivity contribution in [1.29, 1.82) is 0 Å². The molecule has 186 valence electrons. The molecule has 2 aliphatic rings. The standard InChI is InChI=1S/C26H31FN4O4/c1-18(2)13-29-14-23(35-17-19-5-3-7-21(27)11-19)15-30(16-24(29)32)25(33)20-6-4-8-22(12-20)31-10-9-28-26(31)34/h3-8,11-12,18,23H,9-10,13-17H2,1-2H3,(H,28,34)/t23-/m0/s1. The van der Waals surface area contributed by atoms with Gasteiger partial charge in [0.25, 0.3) is 5.91 Å². The van der Waals surface area contributed by atoms with Crippen LogP contribution in [0.1, 0.15) is 29.8 Å². The number of amides is 4. The highest BCUT2D eigenvalue weighted by atomic mass is 19.1. The fraction of sp³-hybridized carbons (Fsp3) is 0.423. The Morgan fingerprint density at radius 3 is 2.66 bits per heavy atom. The quantitative estimate of drug-likeness (QED) is 0.658. The first-order valence-corrected chi connectivity index (χ1v) is 11.9. The number of hydrogen-bond acceptors (Lipinski definition) is 4. The molecule has 0 radical (unpaired) electrons. The van der Waals surface area contributed by atoms with Crippen molar-refractivity contribution >= 4 is 23.5 Å². The first-order chi connectivity index (χ1) is 16.8. The molecule has 8 nitrogen and oxygen atoms in total. The number of nitrogens with one attached hydrogen (secondary N) is 1. The van der Waals surface area contributed by atoms with Crippen molar-refractivity contribution in [2.24, 2.45) is 5.92 Å². The van der Waals surface area contributed by atoms with Gasteiger partial charge in [0.1, 0.15) is 12.4 Å². The summed E-state index contributed by atoms with van der Waals surface area (Å²) < 4.78 is 19.7. The molecule has 2 heterocycles. The molecule has 2 aliphatic heterocycles. The van der Waals surface area contributed by atoms with Crippen LogP contribution in [-0.4, -0.2) is 73.0 Å². The summed E-state index contributed by atoms with van der Waals surface area (Å²) in [6.07, 6.45) is -0.431. The van der Waals surface area contributed by atoms with Crippen molar-refractivity contribution in [3.8, 4) is 0 Å². The van der Waals surface area contributed by atoms with Crippen LogP contribution in [0.5, 0.6) is 0 Å². The Morgan fingerprint density at radius 1 is 1.14 bits per heavy atom. The molecule has 2 saturated heterocycles. The normalized spacial score (nSPS) is 18.7. The van der Waals surface area contributed by atoms with Gasteiger partial charge in [-0.25, -0.2) is 9.18 Å². The number of nitrogens with zero attached hydrogens (tertiary/aromatic N) is 3. The number of ether oxygens (including phenoxy) is 1. The van der Waals surface area contributed by atoms with E-state index in [4.69, 9.17) is 4.74 Å². The van der Waals surface area contributed by atoms with Crippen molar-refractivity contribution in [1.82, 2.24) is 15.1 Å². The molecule has 2 aromatic carbocycles. The van der Waals surface area contributed by atoms with Gasteiger partial charge in [0.15, 0.2) is 0 Å². The van der Waals surface area contributed by atoms with Gasteiger partial charge in [-0.15, -0.1) is 0 Å². The lowest BCUT2D eigenvalue weighted by atomic mass is 10.1. The van der Waals surface area contributed by atoms with Crippen LogP contribution in [0.15, 0.2) is 48.5 Å². The fourth-order valence-electron chi connectivity index (χ4n) is 4.40. The third-order valence-corrected chi connectivity index (χ3v) is 6.04. The summed E-state index contributed by atoms with van der Waals surface area (Å²) in [5.74, 6) is -0.523. The number of carbonyl (C=O) groups is 3. The number of urea groups is 1. The number of halogens is 1. The minimum absolute atomic E-state index is 0.0557. The molecule has 0 unspecified atom stereocenters. The van der Waals surface area contributed by atoms with Crippen molar-refractivity contribution in [2.45, 2.75) is 26.6 Å². The van der Waals surface area contributed by atoms with Crippen LogP contribution in [0.3, 0.4) is 0 Å². The lowest BCUT2D eigenvalue weighted by Crippen LogP contribution is -2.40. The van der Waals surface area contributed by atoms with Crippen LogP contribution in [0.4, 0.5) is 14.9 Å². The number of hydrogen-bond donors (Lipinski definition) is 1. The van der Waals surface area contributed by atoms with E-state index in [9.17, 15) is 18.8 Å². The van der Waals surface area contributed by atoms with Crippen molar-refractivity contribution in [3.63, 3.8) is 0 Å². The smallest absolute Gasteiger partial charge is 0.321 e. The SMILES string of the molecule is CC(C)CN1C[C@H](OCc2cccc(F)c2)CN(C(=O)c2cccc(N3CCNC3=O)c2)CC1=O. The Kier molecular flexibility index (Phi) is 7.65.